The number of esters is 2. The molecule has 0 aliphatic carbocycles. The van der Waals surface area contributed by atoms with E-state index in [1.165, 1.54) is 6.33 Å². The lowest BCUT2D eigenvalue weighted by atomic mass is 9.77. The van der Waals surface area contributed by atoms with Crippen LogP contribution < -0.4 is 20.4 Å². The Hall–Kier alpha value is -7.91. The molecule has 0 saturated carbocycles. The summed E-state index contributed by atoms with van der Waals surface area (Å²) in [4.78, 5) is 54.3. The van der Waals surface area contributed by atoms with Gasteiger partial charge in [-0.05, 0) is 57.1 Å². The van der Waals surface area contributed by atoms with E-state index in [1.54, 1.807) is 11.7 Å². The topological polar surface area (TPSA) is 171 Å². The standard InChI is InChI=1S/C70H84FN5O10Si/c1-8-11-13-15-17-31-41-61(77)81-48-56(49-82-62(78)42-32-18-16-14-12-9-2)84-67(79)85-59-47-60(86-69(59,10-3)50-83-87(68(4,5)6,57-37-27-21-28-38-57)58-39-29-22-30-40-58)76-51-72-63-64(73-66(71)74-65(63)76)75-70(52-33-23-19-24-34-52,53-35-25-20-26-36-53)54-43-45-55(80-7)46-44-54/h3,19-30,33-40,43-46,51,56,59-60H,8-9,11-18,31-32,41-42,47-50H2,1-2,4-7H3,(H,73,74,75)/t59-,60+,69+/m0/s1. The smallest absolute Gasteiger partial charge is 0.497 e. The Kier molecular flexibility index (Phi) is 23.3. The maximum atomic E-state index is 16.5. The summed E-state index contributed by atoms with van der Waals surface area (Å²) in [6.45, 7) is 9.60. The van der Waals surface area contributed by atoms with Gasteiger partial charge in [0, 0.05) is 19.3 Å². The summed E-state index contributed by atoms with van der Waals surface area (Å²) in [5.74, 6) is 2.64. The predicted molar refractivity (Wildman–Crippen MR) is 338 cm³/mol. The highest BCUT2D eigenvalue weighted by Crippen LogP contribution is 2.45. The second-order valence-electron chi connectivity index (χ2n) is 23.3. The molecule has 5 aromatic carbocycles. The first kappa shape index (κ1) is 65.1. The number of imidazole rings is 1. The highest BCUT2D eigenvalue weighted by molar-refractivity contribution is 6.99. The molecule has 1 N–H and O–H groups in total. The first-order valence-electron chi connectivity index (χ1n) is 30.7. The number of halogens is 1. The van der Waals surface area contributed by atoms with Crippen LogP contribution in [-0.2, 0) is 43.2 Å². The number of nitrogens with one attached hydrogen (secondary N) is 1. The van der Waals surface area contributed by atoms with Gasteiger partial charge in [-0.15, -0.1) is 6.42 Å². The predicted octanol–water partition coefficient (Wildman–Crippen LogP) is 13.7. The number of fused-ring (bicyclic) bond motifs is 1. The molecule has 0 radical (unpaired) electrons. The van der Waals surface area contributed by atoms with Gasteiger partial charge in [-0.25, -0.2) is 9.78 Å². The van der Waals surface area contributed by atoms with Crippen molar-refractivity contribution in [3.8, 4) is 18.1 Å². The molecule has 3 atom stereocenters. The quantitative estimate of drug-likeness (QED) is 0.00803. The Morgan fingerprint density at radius 2 is 1.21 bits per heavy atom. The van der Waals surface area contributed by atoms with E-state index in [0.29, 0.717) is 18.6 Å². The third kappa shape index (κ3) is 16.0. The van der Waals surface area contributed by atoms with Crippen LogP contribution in [0.1, 0.15) is 154 Å². The summed E-state index contributed by atoms with van der Waals surface area (Å²) >= 11 is 0. The van der Waals surface area contributed by atoms with Crippen LogP contribution in [0.3, 0.4) is 0 Å². The maximum absolute atomic E-state index is 16.5. The fourth-order valence-corrected chi connectivity index (χ4v) is 16.2. The fourth-order valence-electron chi connectivity index (χ4n) is 11.6. The van der Waals surface area contributed by atoms with Gasteiger partial charge in [0.1, 0.15) is 30.7 Å². The normalized spacial score (nSPS) is 16.1. The van der Waals surface area contributed by atoms with Gasteiger partial charge in [-0.1, -0.05) is 238 Å². The Labute approximate surface area is 513 Å². The summed E-state index contributed by atoms with van der Waals surface area (Å²) < 4.78 is 61.8. The molecular formula is C70H84FN5O10Si. The van der Waals surface area contributed by atoms with Crippen LogP contribution in [0.5, 0.6) is 5.75 Å². The zero-order valence-corrected chi connectivity index (χ0v) is 52.2. The molecule has 0 spiro atoms. The van der Waals surface area contributed by atoms with Crippen LogP contribution in [0.2, 0.25) is 5.04 Å². The van der Waals surface area contributed by atoms with Crippen molar-refractivity contribution in [1.82, 2.24) is 19.5 Å². The van der Waals surface area contributed by atoms with Crippen LogP contribution >= 0.6 is 0 Å². The third-order valence-corrected chi connectivity index (χ3v) is 21.2. The van der Waals surface area contributed by atoms with Crippen molar-refractivity contribution < 1.29 is 51.6 Å². The van der Waals surface area contributed by atoms with E-state index in [1.807, 2.05) is 146 Å². The van der Waals surface area contributed by atoms with Crippen molar-refractivity contribution in [2.24, 2.45) is 0 Å². The molecule has 8 rings (SSSR count). The van der Waals surface area contributed by atoms with Crippen molar-refractivity contribution in [3.05, 3.63) is 175 Å². The van der Waals surface area contributed by atoms with Gasteiger partial charge in [0.15, 0.2) is 34.8 Å². The van der Waals surface area contributed by atoms with Crippen LogP contribution in [0.4, 0.5) is 15.0 Å². The number of methoxy groups -OCH3 is 1. The van der Waals surface area contributed by atoms with E-state index < -0.39 is 80.3 Å². The number of aromatic nitrogens is 4. The number of benzene rings is 5. The van der Waals surface area contributed by atoms with Crippen molar-refractivity contribution in [2.45, 2.75) is 166 Å². The van der Waals surface area contributed by atoms with Crippen LogP contribution in [0, 0.1) is 18.4 Å². The number of terminal acetylenes is 1. The molecule has 460 valence electrons. The summed E-state index contributed by atoms with van der Waals surface area (Å²) in [6.07, 6.45) is 14.2. The highest BCUT2D eigenvalue weighted by Gasteiger charge is 2.57. The number of carbonyl (C=O) groups excluding carboxylic acids is 3. The summed E-state index contributed by atoms with van der Waals surface area (Å²) in [6, 6.07) is 47.1. The average molecular weight is 1200 g/mol. The molecule has 0 bridgehead atoms. The van der Waals surface area contributed by atoms with Crippen molar-refractivity contribution in [1.29, 1.82) is 0 Å². The zero-order valence-electron chi connectivity index (χ0n) is 51.2. The molecular weight excluding hydrogens is 1120 g/mol. The number of hydrogen-bond donors (Lipinski definition) is 1. The number of rotatable bonds is 32. The minimum atomic E-state index is -3.36. The van der Waals surface area contributed by atoms with Gasteiger partial charge < -0.3 is 38.2 Å². The van der Waals surface area contributed by atoms with Gasteiger partial charge in [-0.3, -0.25) is 14.2 Å². The Bertz CT molecular complexity index is 3210. The molecule has 87 heavy (non-hydrogen) atoms. The van der Waals surface area contributed by atoms with E-state index in [-0.39, 0.29) is 42.9 Å². The molecule has 0 amide bonds. The Morgan fingerprint density at radius 3 is 1.70 bits per heavy atom. The van der Waals surface area contributed by atoms with Gasteiger partial charge in [-0.2, -0.15) is 14.4 Å². The maximum Gasteiger partial charge on any atom is 0.509 e. The zero-order chi connectivity index (χ0) is 61.7. The summed E-state index contributed by atoms with van der Waals surface area (Å²) in [7, 11) is -1.76. The van der Waals surface area contributed by atoms with Gasteiger partial charge in [0.2, 0.25) is 0 Å². The summed E-state index contributed by atoms with van der Waals surface area (Å²) in [5.41, 5.74) is -0.346. The number of unbranched alkanes of at least 4 members (excludes halogenated alkanes) is 10. The van der Waals surface area contributed by atoms with E-state index in [4.69, 9.17) is 44.3 Å². The fraction of sp³-hybridized carbons (Fsp3) is 0.429. The SMILES string of the molecule is C#C[C@]1(CO[Si](c2ccccc2)(c2ccccc2)C(C)(C)C)O[C@@H](n2cnc3c(NC(c4ccccc4)(c4ccccc4)c4ccc(OC)cc4)nc(F)nc32)C[C@@H]1OC(=O)OC(COC(=O)CCCCCCCC)COC(=O)CCCCCCCC. The lowest BCUT2D eigenvalue weighted by Crippen LogP contribution is -2.68. The van der Waals surface area contributed by atoms with Crippen molar-refractivity contribution in [3.63, 3.8) is 0 Å². The second kappa shape index (κ2) is 31.1. The molecule has 1 fully saturated rings. The molecule has 7 aromatic rings. The van der Waals surface area contributed by atoms with E-state index in [0.717, 1.165) is 91.3 Å². The van der Waals surface area contributed by atoms with Crippen LogP contribution in [-0.4, -0.2) is 90.7 Å². The number of carbonyl (C=O) groups is 3. The monoisotopic (exact) mass is 1200 g/mol. The first-order valence-corrected chi connectivity index (χ1v) is 32.6. The van der Waals surface area contributed by atoms with Gasteiger partial charge >= 0.3 is 24.2 Å². The Morgan fingerprint density at radius 1 is 0.713 bits per heavy atom. The molecule has 15 nitrogen and oxygen atoms in total. The highest BCUT2D eigenvalue weighted by atomic mass is 28.4. The van der Waals surface area contributed by atoms with Crippen LogP contribution in [0.15, 0.2) is 152 Å². The first-order chi connectivity index (χ1) is 42.2. The molecule has 17 heteroatoms. The van der Waals surface area contributed by atoms with E-state index in [9.17, 15) is 14.4 Å². The van der Waals surface area contributed by atoms with Crippen molar-refractivity contribution >= 4 is 53.8 Å². The largest absolute Gasteiger partial charge is 0.509 e. The number of hydrogen-bond acceptors (Lipinski definition) is 14. The molecule has 1 aliphatic heterocycles. The number of nitrogens with zero attached hydrogens (tertiary/aromatic N) is 4. The molecule has 2 aromatic heterocycles. The number of ether oxygens (including phenoxy) is 6. The number of anilines is 1. The third-order valence-electron chi connectivity index (χ3n) is 16.2. The molecule has 3 heterocycles. The lowest BCUT2D eigenvalue weighted by molar-refractivity contribution is -0.154. The minimum absolute atomic E-state index is 0.0485. The molecule has 0 unspecified atom stereocenters. The van der Waals surface area contributed by atoms with Crippen LogP contribution in [0.25, 0.3) is 11.2 Å². The summed E-state index contributed by atoms with van der Waals surface area (Å²) in [5, 5.41) is 5.08. The average Bonchev–Trinajstić information content (AvgIpc) is 1.80. The Balaban J connectivity index is 1.15. The van der Waals surface area contributed by atoms with Gasteiger partial charge in [0.25, 0.3) is 8.32 Å². The molecule has 1 saturated heterocycles. The van der Waals surface area contributed by atoms with Crippen molar-refractivity contribution in [2.75, 3.05) is 32.2 Å². The van der Waals surface area contributed by atoms with E-state index >= 15 is 4.39 Å². The molecule has 1 aliphatic rings. The van der Waals surface area contributed by atoms with Gasteiger partial charge in [0.05, 0.1) is 20.0 Å². The second-order valence-corrected chi connectivity index (χ2v) is 27.6. The minimum Gasteiger partial charge on any atom is -0.497 e. The lowest BCUT2D eigenvalue weighted by Gasteiger charge is -2.44. The van der Waals surface area contributed by atoms with E-state index in [2.05, 4.69) is 55.8 Å².